The molecule has 0 bridgehead atoms. The highest BCUT2D eigenvalue weighted by molar-refractivity contribution is 14.1. The number of halogens is 1. The lowest BCUT2D eigenvalue weighted by Crippen LogP contribution is -1.97. The molecule has 70 valence electrons. The van der Waals surface area contributed by atoms with E-state index in [1.807, 2.05) is 19.1 Å². The lowest BCUT2D eigenvalue weighted by Gasteiger charge is -2.04. The van der Waals surface area contributed by atoms with Crippen LogP contribution in [0, 0.1) is 3.57 Å². The molecule has 0 atom stereocenters. The van der Waals surface area contributed by atoms with Crippen molar-refractivity contribution >= 4 is 28.4 Å². The second-order valence-corrected chi connectivity index (χ2v) is 3.79. The van der Waals surface area contributed by atoms with Crippen LogP contribution in [0.2, 0.25) is 0 Å². The van der Waals surface area contributed by atoms with Crippen LogP contribution in [0.25, 0.3) is 0 Å². The number of hydrogen-bond donors (Lipinski definition) is 0. The van der Waals surface area contributed by atoms with Crippen LogP contribution in [0.4, 0.5) is 0 Å². The van der Waals surface area contributed by atoms with Crippen molar-refractivity contribution in [2.75, 3.05) is 7.11 Å². The van der Waals surface area contributed by atoms with E-state index in [1.165, 1.54) is 0 Å². The summed E-state index contributed by atoms with van der Waals surface area (Å²) < 4.78 is 6.07. The Labute approximate surface area is 91.4 Å². The minimum atomic E-state index is 0.167. The van der Waals surface area contributed by atoms with Crippen LogP contribution in [0.15, 0.2) is 18.2 Å². The highest BCUT2D eigenvalue weighted by Crippen LogP contribution is 2.21. The van der Waals surface area contributed by atoms with Gasteiger partial charge in [0.1, 0.15) is 5.75 Å². The summed E-state index contributed by atoms with van der Waals surface area (Å²) in [5, 5.41) is 0. The maximum absolute atomic E-state index is 11.3. The van der Waals surface area contributed by atoms with Crippen molar-refractivity contribution < 1.29 is 9.53 Å². The number of carbonyl (C=O) groups is 1. The number of benzene rings is 1. The minimum Gasteiger partial charge on any atom is -0.496 e. The van der Waals surface area contributed by atoms with Crippen LogP contribution < -0.4 is 4.74 Å². The zero-order chi connectivity index (χ0) is 9.84. The number of ether oxygens (including phenoxy) is 1. The summed E-state index contributed by atoms with van der Waals surface area (Å²) in [7, 11) is 1.62. The molecule has 0 unspecified atom stereocenters. The summed E-state index contributed by atoms with van der Waals surface area (Å²) >= 11 is 2.16. The third-order valence-electron chi connectivity index (χ3n) is 1.79. The summed E-state index contributed by atoms with van der Waals surface area (Å²) in [5.41, 5.74) is 0.757. The Morgan fingerprint density at radius 3 is 2.69 bits per heavy atom. The van der Waals surface area contributed by atoms with Crippen molar-refractivity contribution in [1.82, 2.24) is 0 Å². The third kappa shape index (κ3) is 2.43. The van der Waals surface area contributed by atoms with Gasteiger partial charge in [-0.1, -0.05) is 6.92 Å². The number of methoxy groups -OCH3 is 1. The molecule has 3 heteroatoms. The molecule has 0 amide bonds. The molecule has 0 aromatic heterocycles. The molecule has 0 fully saturated rings. The van der Waals surface area contributed by atoms with E-state index in [4.69, 9.17) is 4.74 Å². The maximum atomic E-state index is 11.3. The van der Waals surface area contributed by atoms with Gasteiger partial charge in [0, 0.05) is 12.0 Å². The summed E-state index contributed by atoms with van der Waals surface area (Å²) in [6.07, 6.45) is 0.544. The topological polar surface area (TPSA) is 26.3 Å². The van der Waals surface area contributed by atoms with Gasteiger partial charge in [0.05, 0.1) is 10.7 Å². The van der Waals surface area contributed by atoms with E-state index in [9.17, 15) is 4.79 Å². The van der Waals surface area contributed by atoms with E-state index in [0.29, 0.717) is 6.42 Å². The number of Topliss-reactive ketones (excluding diaryl/α,β-unsaturated/α-hetero) is 1. The van der Waals surface area contributed by atoms with E-state index >= 15 is 0 Å². The van der Waals surface area contributed by atoms with Crippen LogP contribution in [0.5, 0.6) is 5.75 Å². The molecule has 1 aromatic carbocycles. The normalized spacial score (nSPS) is 9.77. The zero-order valence-electron chi connectivity index (χ0n) is 7.63. The molecule has 2 nitrogen and oxygen atoms in total. The summed E-state index contributed by atoms with van der Waals surface area (Å²) in [4.78, 5) is 11.3. The first-order valence-electron chi connectivity index (χ1n) is 4.05. The van der Waals surface area contributed by atoms with Gasteiger partial charge in [-0.3, -0.25) is 4.79 Å². The first-order valence-corrected chi connectivity index (χ1v) is 5.13. The van der Waals surface area contributed by atoms with E-state index in [0.717, 1.165) is 14.9 Å². The summed E-state index contributed by atoms with van der Waals surface area (Å²) in [6, 6.07) is 5.47. The molecular weight excluding hydrogens is 279 g/mol. The molecule has 0 N–H and O–H groups in total. The molecule has 13 heavy (non-hydrogen) atoms. The fourth-order valence-corrected chi connectivity index (χ4v) is 1.78. The third-order valence-corrected chi connectivity index (χ3v) is 2.64. The number of ketones is 1. The average molecular weight is 290 g/mol. The number of rotatable bonds is 3. The van der Waals surface area contributed by atoms with Gasteiger partial charge in [0.2, 0.25) is 0 Å². The van der Waals surface area contributed by atoms with Crippen LogP contribution in [-0.2, 0) is 0 Å². The fourth-order valence-electron chi connectivity index (χ4n) is 1.04. The Morgan fingerprint density at radius 1 is 1.54 bits per heavy atom. The van der Waals surface area contributed by atoms with E-state index in [2.05, 4.69) is 22.6 Å². The van der Waals surface area contributed by atoms with Crippen LogP contribution >= 0.6 is 22.6 Å². The molecule has 0 radical (unpaired) electrons. The van der Waals surface area contributed by atoms with Gasteiger partial charge in [0.15, 0.2) is 5.78 Å². The van der Waals surface area contributed by atoms with Gasteiger partial charge in [-0.2, -0.15) is 0 Å². The summed E-state index contributed by atoms with van der Waals surface area (Å²) in [5.74, 6) is 0.980. The van der Waals surface area contributed by atoms with Crippen LogP contribution in [0.1, 0.15) is 23.7 Å². The van der Waals surface area contributed by atoms with Crippen molar-refractivity contribution in [3.8, 4) is 5.75 Å². The molecule has 1 aromatic rings. The Morgan fingerprint density at radius 2 is 2.23 bits per heavy atom. The van der Waals surface area contributed by atoms with Gasteiger partial charge in [-0.05, 0) is 40.8 Å². The van der Waals surface area contributed by atoms with E-state index in [1.54, 1.807) is 13.2 Å². The highest BCUT2D eigenvalue weighted by Gasteiger charge is 2.06. The number of carbonyl (C=O) groups excluding carboxylic acids is 1. The monoisotopic (exact) mass is 290 g/mol. The van der Waals surface area contributed by atoms with Gasteiger partial charge in [-0.15, -0.1) is 0 Å². The lowest BCUT2D eigenvalue weighted by atomic mass is 10.1. The average Bonchev–Trinajstić information content (AvgIpc) is 2.16. The Bertz CT molecular complexity index is 321. The zero-order valence-corrected chi connectivity index (χ0v) is 9.79. The summed E-state index contributed by atoms with van der Waals surface area (Å²) in [6.45, 7) is 1.86. The SMILES string of the molecule is CCC(=O)c1ccc(OC)c(I)c1. The highest BCUT2D eigenvalue weighted by atomic mass is 127. The molecule has 0 spiro atoms. The van der Waals surface area contributed by atoms with Gasteiger partial charge in [-0.25, -0.2) is 0 Å². The minimum absolute atomic E-state index is 0.167. The molecular formula is C10H11IO2. The molecule has 0 aliphatic rings. The van der Waals surface area contributed by atoms with Crippen molar-refractivity contribution in [2.45, 2.75) is 13.3 Å². The maximum Gasteiger partial charge on any atom is 0.162 e. The second-order valence-electron chi connectivity index (χ2n) is 2.63. The molecule has 0 aliphatic carbocycles. The van der Waals surface area contributed by atoms with E-state index < -0.39 is 0 Å². The van der Waals surface area contributed by atoms with Crippen molar-refractivity contribution in [1.29, 1.82) is 0 Å². The molecule has 0 aliphatic heterocycles. The molecule has 0 heterocycles. The Hall–Kier alpha value is -0.580. The molecule has 0 saturated heterocycles. The van der Waals surface area contributed by atoms with Crippen molar-refractivity contribution in [3.63, 3.8) is 0 Å². The first kappa shape index (κ1) is 10.5. The van der Waals surface area contributed by atoms with Crippen molar-refractivity contribution in [3.05, 3.63) is 27.3 Å². The predicted octanol–water partition coefficient (Wildman–Crippen LogP) is 2.89. The number of hydrogen-bond acceptors (Lipinski definition) is 2. The van der Waals surface area contributed by atoms with Crippen molar-refractivity contribution in [2.24, 2.45) is 0 Å². The Kier molecular flexibility index (Phi) is 3.71. The van der Waals surface area contributed by atoms with Crippen LogP contribution in [0.3, 0.4) is 0 Å². The first-order chi connectivity index (χ1) is 6.19. The Balaban J connectivity index is 3.02. The molecule has 1 rings (SSSR count). The fraction of sp³-hybridized carbons (Fsp3) is 0.300. The predicted molar refractivity (Wildman–Crippen MR) is 60.3 cm³/mol. The molecule has 0 saturated carbocycles. The van der Waals surface area contributed by atoms with Gasteiger partial charge >= 0.3 is 0 Å². The lowest BCUT2D eigenvalue weighted by molar-refractivity contribution is 0.0988. The largest absolute Gasteiger partial charge is 0.496 e. The van der Waals surface area contributed by atoms with Gasteiger partial charge in [0.25, 0.3) is 0 Å². The quantitative estimate of drug-likeness (QED) is 0.632. The van der Waals surface area contributed by atoms with Gasteiger partial charge < -0.3 is 4.74 Å². The van der Waals surface area contributed by atoms with E-state index in [-0.39, 0.29) is 5.78 Å². The smallest absolute Gasteiger partial charge is 0.162 e. The van der Waals surface area contributed by atoms with Crippen LogP contribution in [-0.4, -0.2) is 12.9 Å². The second kappa shape index (κ2) is 4.60. The standard InChI is InChI=1S/C10H11IO2/c1-3-9(12)7-4-5-10(13-2)8(11)6-7/h4-6H,3H2,1-2H3.